The normalized spacial score (nSPS) is 14.5. The first-order chi connectivity index (χ1) is 18.8. The van der Waals surface area contributed by atoms with Crippen LogP contribution in [0.5, 0.6) is 0 Å². The average Bonchev–Trinajstić information content (AvgIpc) is 3.37. The Morgan fingerprint density at radius 3 is 2.54 bits per heavy atom. The molecule has 1 aromatic heterocycles. The van der Waals surface area contributed by atoms with Gasteiger partial charge in [0.1, 0.15) is 0 Å². The van der Waals surface area contributed by atoms with E-state index in [1.165, 1.54) is 40.6 Å². The number of aryl methyl sites for hydroxylation is 1. The number of aromatic nitrogens is 1. The number of rotatable bonds is 9. The summed E-state index contributed by atoms with van der Waals surface area (Å²) in [5, 5.41) is 4.47. The van der Waals surface area contributed by atoms with Crippen LogP contribution in [0.3, 0.4) is 0 Å². The summed E-state index contributed by atoms with van der Waals surface area (Å²) in [7, 11) is -3.79. The second kappa shape index (κ2) is 11.9. The summed E-state index contributed by atoms with van der Waals surface area (Å²) in [5.41, 5.74) is 3.09. The molecule has 204 valence electrons. The lowest BCUT2D eigenvalue weighted by Crippen LogP contribution is -2.48. The third-order valence-electron chi connectivity index (χ3n) is 6.71. The lowest BCUT2D eigenvalue weighted by Gasteiger charge is -2.34. The molecule has 0 aliphatic carbocycles. The molecule has 1 aliphatic rings. The van der Waals surface area contributed by atoms with Crippen LogP contribution >= 0.6 is 22.9 Å². The number of hydrogen-bond acceptors (Lipinski definition) is 7. The molecule has 2 heterocycles. The van der Waals surface area contributed by atoms with E-state index in [1.807, 2.05) is 0 Å². The number of hydrogen-bond donors (Lipinski definition) is 2. The number of carbonyl (C=O) groups is 1. The van der Waals surface area contributed by atoms with Gasteiger partial charge in [-0.3, -0.25) is 14.4 Å². The van der Waals surface area contributed by atoms with Crippen LogP contribution in [0, 0.1) is 0 Å². The zero-order valence-corrected chi connectivity index (χ0v) is 24.0. The van der Waals surface area contributed by atoms with Gasteiger partial charge in [0.2, 0.25) is 0 Å². The summed E-state index contributed by atoms with van der Waals surface area (Å²) in [6, 6.07) is 18.8. The van der Waals surface area contributed by atoms with Crippen molar-refractivity contribution in [2.24, 2.45) is 0 Å². The highest BCUT2D eigenvalue weighted by Gasteiger charge is 2.20. The van der Waals surface area contributed by atoms with Crippen LogP contribution in [0.4, 0.5) is 10.8 Å². The Kier molecular flexibility index (Phi) is 8.37. The van der Waals surface area contributed by atoms with Crippen LogP contribution in [-0.4, -0.2) is 63.5 Å². The summed E-state index contributed by atoms with van der Waals surface area (Å²) < 4.78 is 29.1. The Bertz CT molecular complexity index is 1570. The van der Waals surface area contributed by atoms with Gasteiger partial charge in [-0.1, -0.05) is 42.0 Å². The number of amides is 1. The molecular weight excluding hydrogens is 554 g/mol. The molecule has 0 spiro atoms. The monoisotopic (exact) mass is 583 g/mol. The van der Waals surface area contributed by atoms with Crippen molar-refractivity contribution in [3.05, 3.63) is 82.9 Å². The first kappa shape index (κ1) is 27.4. The van der Waals surface area contributed by atoms with E-state index in [0.717, 1.165) is 49.8 Å². The molecular formula is C28H30ClN5O3S2. The second-order valence-electron chi connectivity index (χ2n) is 9.38. The summed E-state index contributed by atoms with van der Waals surface area (Å²) in [6.45, 7) is 6.98. The number of thiazole rings is 1. The maximum Gasteiger partial charge on any atom is 0.261 e. The predicted octanol–water partition coefficient (Wildman–Crippen LogP) is 4.86. The fourth-order valence-electron chi connectivity index (χ4n) is 4.46. The van der Waals surface area contributed by atoms with Gasteiger partial charge in [0.15, 0.2) is 5.13 Å². The Morgan fingerprint density at radius 1 is 1.03 bits per heavy atom. The van der Waals surface area contributed by atoms with Gasteiger partial charge in [-0.05, 0) is 66.6 Å². The van der Waals surface area contributed by atoms with Crippen molar-refractivity contribution in [3.63, 3.8) is 0 Å². The summed E-state index contributed by atoms with van der Waals surface area (Å²) >= 11 is 7.60. The summed E-state index contributed by atoms with van der Waals surface area (Å²) in [6.07, 6.45) is 1.02. The average molecular weight is 584 g/mol. The van der Waals surface area contributed by atoms with Crippen LogP contribution in [0.1, 0.15) is 22.8 Å². The number of nitrogens with one attached hydrogen (secondary N) is 2. The lowest BCUT2D eigenvalue weighted by molar-refractivity contribution is 0.0948. The van der Waals surface area contributed by atoms with Gasteiger partial charge in [0, 0.05) is 55.5 Å². The molecule has 2 N–H and O–H groups in total. The maximum absolute atomic E-state index is 12.7. The van der Waals surface area contributed by atoms with Crippen molar-refractivity contribution in [1.29, 1.82) is 0 Å². The van der Waals surface area contributed by atoms with Gasteiger partial charge >= 0.3 is 0 Å². The minimum atomic E-state index is -3.79. The fourth-order valence-corrected chi connectivity index (χ4v) is 6.71. The van der Waals surface area contributed by atoms with Crippen molar-refractivity contribution >= 4 is 59.9 Å². The SMILES string of the molecule is CCc1ccc2nc(N3CCN(CCNC(=O)c4cccc(NS(=O)(=O)c5ccc(Cl)cc5)c4)CC3)sc2c1. The van der Waals surface area contributed by atoms with Crippen LogP contribution in [0.15, 0.2) is 71.6 Å². The molecule has 1 amide bonds. The maximum atomic E-state index is 12.7. The van der Waals surface area contributed by atoms with Crippen molar-refractivity contribution < 1.29 is 13.2 Å². The van der Waals surface area contributed by atoms with E-state index >= 15 is 0 Å². The van der Waals surface area contributed by atoms with Crippen LogP contribution in [0.2, 0.25) is 5.02 Å². The molecule has 1 aliphatic heterocycles. The molecule has 0 bridgehead atoms. The first-order valence-corrected chi connectivity index (χ1v) is 15.5. The number of piperazine rings is 1. The highest BCUT2D eigenvalue weighted by atomic mass is 35.5. The standard InChI is InChI=1S/C28H30ClN5O3S2/c1-2-20-6-11-25-26(18-20)38-28(31-25)34-16-14-33(15-17-34)13-12-30-27(35)21-4-3-5-23(19-21)32-39(36,37)24-9-7-22(29)8-10-24/h3-11,18-19,32H,2,12-17H2,1H3,(H,30,35). The zero-order chi connectivity index (χ0) is 27.4. The second-order valence-corrected chi connectivity index (χ2v) is 12.5. The third kappa shape index (κ3) is 6.70. The van der Waals surface area contributed by atoms with Gasteiger partial charge in [0.25, 0.3) is 15.9 Å². The number of benzene rings is 3. The molecule has 0 atom stereocenters. The van der Waals surface area contributed by atoms with Gasteiger partial charge in [-0.2, -0.15) is 0 Å². The van der Waals surface area contributed by atoms with E-state index in [9.17, 15) is 13.2 Å². The fraction of sp³-hybridized carbons (Fsp3) is 0.286. The lowest BCUT2D eigenvalue weighted by atomic mass is 10.2. The molecule has 8 nitrogen and oxygen atoms in total. The predicted molar refractivity (Wildman–Crippen MR) is 159 cm³/mol. The first-order valence-electron chi connectivity index (χ1n) is 12.8. The molecule has 0 saturated carbocycles. The third-order valence-corrected chi connectivity index (χ3v) is 9.44. The Hall–Kier alpha value is -3.18. The molecule has 1 fully saturated rings. The van der Waals surface area contributed by atoms with Crippen molar-refractivity contribution in [2.75, 3.05) is 48.9 Å². The summed E-state index contributed by atoms with van der Waals surface area (Å²) in [5.74, 6) is -0.248. The van der Waals surface area contributed by atoms with Crippen molar-refractivity contribution in [3.8, 4) is 0 Å². The minimum absolute atomic E-state index is 0.0932. The molecule has 4 aromatic rings. The van der Waals surface area contributed by atoms with E-state index in [0.29, 0.717) is 22.8 Å². The number of sulfonamides is 1. The van der Waals surface area contributed by atoms with Crippen LogP contribution in [0.25, 0.3) is 10.2 Å². The van der Waals surface area contributed by atoms with Gasteiger partial charge in [-0.15, -0.1) is 0 Å². The van der Waals surface area contributed by atoms with Crippen LogP contribution in [-0.2, 0) is 16.4 Å². The smallest absolute Gasteiger partial charge is 0.261 e. The molecule has 1 saturated heterocycles. The largest absolute Gasteiger partial charge is 0.351 e. The number of nitrogens with zero attached hydrogens (tertiary/aromatic N) is 3. The highest BCUT2D eigenvalue weighted by molar-refractivity contribution is 7.92. The highest BCUT2D eigenvalue weighted by Crippen LogP contribution is 2.30. The molecule has 39 heavy (non-hydrogen) atoms. The van der Waals surface area contributed by atoms with Gasteiger partial charge < -0.3 is 10.2 Å². The van der Waals surface area contributed by atoms with Crippen LogP contribution < -0.4 is 14.9 Å². The number of halogens is 1. The zero-order valence-electron chi connectivity index (χ0n) is 21.6. The Morgan fingerprint density at radius 2 is 1.79 bits per heavy atom. The topological polar surface area (TPSA) is 94.6 Å². The minimum Gasteiger partial charge on any atom is -0.351 e. The molecule has 0 radical (unpaired) electrons. The van der Waals surface area contributed by atoms with E-state index < -0.39 is 10.0 Å². The van der Waals surface area contributed by atoms with E-state index in [1.54, 1.807) is 29.5 Å². The quantitative estimate of drug-likeness (QED) is 0.292. The molecule has 0 unspecified atom stereocenters. The van der Waals surface area contributed by atoms with E-state index in [2.05, 4.69) is 45.0 Å². The summed E-state index contributed by atoms with van der Waals surface area (Å²) in [4.78, 5) is 22.3. The molecule has 3 aromatic carbocycles. The Labute approximate surface area is 237 Å². The van der Waals surface area contributed by atoms with Gasteiger partial charge in [-0.25, -0.2) is 13.4 Å². The molecule has 5 rings (SSSR count). The number of fused-ring (bicyclic) bond motifs is 1. The number of carbonyl (C=O) groups excluding carboxylic acids is 1. The number of anilines is 2. The van der Waals surface area contributed by atoms with E-state index in [4.69, 9.17) is 16.6 Å². The van der Waals surface area contributed by atoms with Crippen molar-refractivity contribution in [2.45, 2.75) is 18.2 Å². The van der Waals surface area contributed by atoms with E-state index in [-0.39, 0.29) is 10.8 Å². The van der Waals surface area contributed by atoms with Gasteiger partial charge in [0.05, 0.1) is 15.1 Å². The Balaban J connectivity index is 1.10. The molecule has 11 heteroatoms. The van der Waals surface area contributed by atoms with Crippen molar-refractivity contribution in [1.82, 2.24) is 15.2 Å².